The van der Waals surface area contributed by atoms with Crippen molar-refractivity contribution in [3.63, 3.8) is 0 Å². The molecule has 0 amide bonds. The molecule has 0 bridgehead atoms. The summed E-state index contributed by atoms with van der Waals surface area (Å²) in [6.07, 6.45) is 0. The van der Waals surface area contributed by atoms with Crippen LogP contribution in [0.4, 0.5) is 0 Å². The van der Waals surface area contributed by atoms with E-state index in [2.05, 4.69) is 0 Å². The summed E-state index contributed by atoms with van der Waals surface area (Å²) in [7, 11) is 1.56. The van der Waals surface area contributed by atoms with E-state index >= 15 is 0 Å². The van der Waals surface area contributed by atoms with Gasteiger partial charge in [-0.25, -0.2) is 0 Å². The normalized spacial score (nSPS) is 10.1. The zero-order chi connectivity index (χ0) is 11.3. The summed E-state index contributed by atoms with van der Waals surface area (Å²) in [5.74, 6) is 0.563. The number of ketones is 1. The van der Waals surface area contributed by atoms with E-state index in [1.807, 2.05) is 26.0 Å². The van der Waals surface area contributed by atoms with E-state index in [0.717, 1.165) is 5.56 Å². The van der Waals surface area contributed by atoms with E-state index in [1.54, 1.807) is 13.2 Å². The van der Waals surface area contributed by atoms with Gasteiger partial charge in [-0.1, -0.05) is 6.07 Å². The molecule has 3 heteroatoms. The standard InChI is InChI=1S/C12H16O3/c1-4-15-8-11(13)10-6-5-9(2)7-12(10)14-3/h5-7H,4,8H2,1-3H3. The minimum Gasteiger partial charge on any atom is -0.496 e. The molecule has 15 heavy (non-hydrogen) atoms. The Labute approximate surface area is 90.0 Å². The number of aryl methyl sites for hydroxylation is 1. The smallest absolute Gasteiger partial charge is 0.192 e. The monoisotopic (exact) mass is 208 g/mol. The van der Waals surface area contributed by atoms with Crippen molar-refractivity contribution in [3.05, 3.63) is 29.3 Å². The molecule has 0 aliphatic heterocycles. The van der Waals surface area contributed by atoms with Gasteiger partial charge in [0.25, 0.3) is 0 Å². The second kappa shape index (κ2) is 5.51. The van der Waals surface area contributed by atoms with Crippen LogP contribution in [-0.4, -0.2) is 26.1 Å². The van der Waals surface area contributed by atoms with Crippen molar-refractivity contribution < 1.29 is 14.3 Å². The quantitative estimate of drug-likeness (QED) is 0.696. The van der Waals surface area contributed by atoms with E-state index in [4.69, 9.17) is 9.47 Å². The molecule has 0 saturated carbocycles. The molecular formula is C12H16O3. The van der Waals surface area contributed by atoms with Crippen molar-refractivity contribution in [2.24, 2.45) is 0 Å². The van der Waals surface area contributed by atoms with Gasteiger partial charge < -0.3 is 9.47 Å². The second-order valence-corrected chi connectivity index (χ2v) is 3.26. The van der Waals surface area contributed by atoms with Crippen LogP contribution in [0.5, 0.6) is 5.75 Å². The van der Waals surface area contributed by atoms with Crippen molar-refractivity contribution in [1.82, 2.24) is 0 Å². The maximum Gasteiger partial charge on any atom is 0.192 e. The predicted molar refractivity (Wildman–Crippen MR) is 58.6 cm³/mol. The highest BCUT2D eigenvalue weighted by Gasteiger charge is 2.11. The number of methoxy groups -OCH3 is 1. The van der Waals surface area contributed by atoms with Crippen molar-refractivity contribution in [1.29, 1.82) is 0 Å². The van der Waals surface area contributed by atoms with Crippen LogP contribution in [0.1, 0.15) is 22.8 Å². The largest absolute Gasteiger partial charge is 0.496 e. The van der Waals surface area contributed by atoms with Crippen LogP contribution in [0.3, 0.4) is 0 Å². The number of rotatable bonds is 5. The lowest BCUT2D eigenvalue weighted by molar-refractivity contribution is 0.0780. The van der Waals surface area contributed by atoms with E-state index in [-0.39, 0.29) is 12.4 Å². The van der Waals surface area contributed by atoms with Gasteiger partial charge in [-0.3, -0.25) is 4.79 Å². The van der Waals surface area contributed by atoms with Gasteiger partial charge in [0.15, 0.2) is 5.78 Å². The first-order chi connectivity index (χ1) is 7.19. The molecule has 0 heterocycles. The number of carbonyl (C=O) groups is 1. The third-order valence-electron chi connectivity index (χ3n) is 2.09. The van der Waals surface area contributed by atoms with Gasteiger partial charge in [0.05, 0.1) is 12.7 Å². The highest BCUT2D eigenvalue weighted by Crippen LogP contribution is 2.20. The maximum atomic E-state index is 11.7. The average Bonchev–Trinajstić information content (AvgIpc) is 2.25. The molecule has 1 rings (SSSR count). The van der Waals surface area contributed by atoms with Crippen LogP contribution in [0.2, 0.25) is 0 Å². The summed E-state index contributed by atoms with van der Waals surface area (Å²) in [6.45, 7) is 4.47. The lowest BCUT2D eigenvalue weighted by atomic mass is 10.1. The topological polar surface area (TPSA) is 35.5 Å². The molecule has 0 aromatic heterocycles. The molecule has 0 aliphatic rings. The molecule has 0 fully saturated rings. The lowest BCUT2D eigenvalue weighted by Crippen LogP contribution is -2.10. The van der Waals surface area contributed by atoms with Crippen LogP contribution in [-0.2, 0) is 4.74 Å². The highest BCUT2D eigenvalue weighted by molar-refractivity contribution is 5.99. The highest BCUT2D eigenvalue weighted by atomic mass is 16.5. The fourth-order valence-electron chi connectivity index (χ4n) is 1.30. The number of hydrogen-bond acceptors (Lipinski definition) is 3. The van der Waals surface area contributed by atoms with Crippen molar-refractivity contribution >= 4 is 5.78 Å². The van der Waals surface area contributed by atoms with Gasteiger partial charge in [-0.2, -0.15) is 0 Å². The Bertz CT molecular complexity index is 345. The average molecular weight is 208 g/mol. The molecule has 0 spiro atoms. The van der Waals surface area contributed by atoms with Gasteiger partial charge >= 0.3 is 0 Å². The number of Topliss-reactive ketones (excluding diaryl/α,β-unsaturated/α-hetero) is 1. The second-order valence-electron chi connectivity index (χ2n) is 3.26. The van der Waals surface area contributed by atoms with Crippen LogP contribution in [0.25, 0.3) is 0 Å². The summed E-state index contributed by atoms with van der Waals surface area (Å²) >= 11 is 0. The van der Waals surface area contributed by atoms with E-state index in [0.29, 0.717) is 17.9 Å². The summed E-state index contributed by atoms with van der Waals surface area (Å²) in [5.41, 5.74) is 1.65. The Kier molecular flexibility index (Phi) is 4.31. The van der Waals surface area contributed by atoms with Crippen molar-refractivity contribution in [2.75, 3.05) is 20.3 Å². The molecule has 82 valence electrons. The maximum absolute atomic E-state index is 11.7. The number of benzene rings is 1. The summed E-state index contributed by atoms with van der Waals surface area (Å²) in [6, 6.07) is 5.51. The first-order valence-corrected chi connectivity index (χ1v) is 4.94. The fourth-order valence-corrected chi connectivity index (χ4v) is 1.30. The van der Waals surface area contributed by atoms with Gasteiger partial charge in [0.2, 0.25) is 0 Å². The summed E-state index contributed by atoms with van der Waals surface area (Å²) < 4.78 is 10.2. The summed E-state index contributed by atoms with van der Waals surface area (Å²) in [4.78, 5) is 11.7. The lowest BCUT2D eigenvalue weighted by Gasteiger charge is -2.08. The molecule has 0 aliphatic carbocycles. The number of carbonyl (C=O) groups excluding carboxylic acids is 1. The predicted octanol–water partition coefficient (Wildman–Crippen LogP) is 2.22. The molecule has 1 aromatic carbocycles. The Morgan fingerprint density at radius 2 is 2.13 bits per heavy atom. The number of hydrogen-bond donors (Lipinski definition) is 0. The fraction of sp³-hybridized carbons (Fsp3) is 0.417. The van der Waals surface area contributed by atoms with Crippen LogP contribution in [0, 0.1) is 6.92 Å². The molecule has 0 N–H and O–H groups in total. The Morgan fingerprint density at radius 3 is 2.73 bits per heavy atom. The zero-order valence-electron chi connectivity index (χ0n) is 9.37. The molecule has 1 aromatic rings. The van der Waals surface area contributed by atoms with Gasteiger partial charge in [0, 0.05) is 6.61 Å². The zero-order valence-corrected chi connectivity index (χ0v) is 9.37. The minimum atomic E-state index is -0.0475. The van der Waals surface area contributed by atoms with Crippen LogP contribution in [0.15, 0.2) is 18.2 Å². The van der Waals surface area contributed by atoms with Crippen LogP contribution >= 0.6 is 0 Å². The molecule has 3 nitrogen and oxygen atoms in total. The molecule has 0 radical (unpaired) electrons. The number of ether oxygens (including phenoxy) is 2. The third kappa shape index (κ3) is 3.06. The van der Waals surface area contributed by atoms with Gasteiger partial charge in [-0.15, -0.1) is 0 Å². The molecular weight excluding hydrogens is 192 g/mol. The summed E-state index contributed by atoms with van der Waals surface area (Å²) in [5, 5.41) is 0. The van der Waals surface area contributed by atoms with Crippen molar-refractivity contribution in [3.8, 4) is 5.75 Å². The Hall–Kier alpha value is -1.35. The minimum absolute atomic E-state index is 0.0475. The van der Waals surface area contributed by atoms with Crippen molar-refractivity contribution in [2.45, 2.75) is 13.8 Å². The van der Waals surface area contributed by atoms with Gasteiger partial charge in [-0.05, 0) is 31.5 Å². The SMILES string of the molecule is CCOCC(=O)c1ccc(C)cc1OC. The third-order valence-corrected chi connectivity index (χ3v) is 2.09. The Morgan fingerprint density at radius 1 is 1.40 bits per heavy atom. The molecule has 0 atom stereocenters. The molecule has 0 saturated heterocycles. The van der Waals surface area contributed by atoms with E-state index in [1.165, 1.54) is 0 Å². The van der Waals surface area contributed by atoms with E-state index in [9.17, 15) is 4.79 Å². The first-order valence-electron chi connectivity index (χ1n) is 4.94. The van der Waals surface area contributed by atoms with Crippen LogP contribution < -0.4 is 4.74 Å². The molecule has 0 unspecified atom stereocenters. The van der Waals surface area contributed by atoms with E-state index < -0.39 is 0 Å². The first kappa shape index (κ1) is 11.7. The Balaban J connectivity index is 2.87. The van der Waals surface area contributed by atoms with Gasteiger partial charge in [0.1, 0.15) is 12.4 Å².